The van der Waals surface area contributed by atoms with Crippen LogP contribution < -0.4 is 21.6 Å². The minimum Gasteiger partial charge on any atom is -0.497 e. The molecule has 3 N–H and O–H groups in total. The van der Waals surface area contributed by atoms with Crippen molar-refractivity contribution in [1.82, 2.24) is 25.3 Å². The van der Waals surface area contributed by atoms with Crippen LogP contribution in [0.5, 0.6) is 5.75 Å². The van der Waals surface area contributed by atoms with Gasteiger partial charge in [0.05, 0.1) is 24.8 Å². The van der Waals surface area contributed by atoms with Gasteiger partial charge in [-0.05, 0) is 55.0 Å². The molecule has 1 aromatic carbocycles. The van der Waals surface area contributed by atoms with Gasteiger partial charge < -0.3 is 15.0 Å². The summed E-state index contributed by atoms with van der Waals surface area (Å²) < 4.78 is 11.6. The summed E-state index contributed by atoms with van der Waals surface area (Å²) in [4.78, 5) is 25.0. The molecule has 0 bridgehead atoms. The smallest absolute Gasteiger partial charge is 0.294 e. The molecule has 0 saturated carbocycles. The highest BCUT2D eigenvalue weighted by molar-refractivity contribution is 7.99. The fourth-order valence-corrected chi connectivity index (χ4v) is 3.76. The molecule has 3 heterocycles. The van der Waals surface area contributed by atoms with Gasteiger partial charge in [-0.2, -0.15) is 4.68 Å². The van der Waals surface area contributed by atoms with Gasteiger partial charge in [-0.25, -0.2) is 5.01 Å². The van der Waals surface area contributed by atoms with E-state index in [4.69, 9.17) is 15.0 Å². The van der Waals surface area contributed by atoms with Crippen LogP contribution >= 0.6 is 11.8 Å². The zero-order chi connectivity index (χ0) is 22.0. The van der Waals surface area contributed by atoms with Gasteiger partial charge in [0.25, 0.3) is 11.5 Å². The Morgan fingerprint density at radius 2 is 2.06 bits per heavy atom. The number of nitrogens with zero attached hydrogens (tertiary/aromatic N) is 4. The lowest BCUT2D eigenvalue weighted by atomic mass is 10.1. The Labute approximate surface area is 181 Å². The van der Waals surface area contributed by atoms with E-state index >= 15 is 0 Å². The van der Waals surface area contributed by atoms with E-state index in [1.165, 1.54) is 11.9 Å². The van der Waals surface area contributed by atoms with Crippen LogP contribution in [-0.4, -0.2) is 38.7 Å². The van der Waals surface area contributed by atoms with Crippen molar-refractivity contribution in [1.29, 1.82) is 0 Å². The number of aryl methyl sites for hydroxylation is 1. The Morgan fingerprint density at radius 3 is 2.74 bits per heavy atom. The van der Waals surface area contributed by atoms with Gasteiger partial charge in [0, 0.05) is 0 Å². The summed E-state index contributed by atoms with van der Waals surface area (Å²) in [6.07, 6.45) is 3.47. The summed E-state index contributed by atoms with van der Waals surface area (Å²) in [5.41, 5.74) is 4.52. The van der Waals surface area contributed by atoms with E-state index in [0.29, 0.717) is 5.76 Å². The topological polar surface area (TPSA) is 129 Å². The molecule has 1 atom stereocenters. The molecule has 0 aliphatic carbocycles. The van der Waals surface area contributed by atoms with Gasteiger partial charge in [0.15, 0.2) is 0 Å². The number of hydrogen-bond acceptors (Lipinski definition) is 9. The molecule has 4 rings (SSSR count). The molecule has 0 fully saturated rings. The summed E-state index contributed by atoms with van der Waals surface area (Å²) in [5.74, 6) is 6.84. The van der Waals surface area contributed by atoms with Crippen molar-refractivity contribution in [3.05, 3.63) is 76.1 Å². The third-order valence-corrected chi connectivity index (χ3v) is 5.62. The predicted octanol–water partition coefficient (Wildman–Crippen LogP) is 1.48. The highest BCUT2D eigenvalue weighted by Gasteiger charge is 2.32. The standard InChI is InChI=1S/C20H20N6O4S/c1-12-19(28)25(21)20(23-22-12)31-11-18(27)26-16(17-4-3-9-30-17)10-15(24-26)13-5-7-14(29-2)8-6-13/h3-10,16,24H,11,21H2,1-2H3/t16-/m1/s1. The number of furan rings is 1. The van der Waals surface area contributed by atoms with Gasteiger partial charge in [-0.15, -0.1) is 10.2 Å². The fraction of sp³-hybridized carbons (Fsp3) is 0.200. The van der Waals surface area contributed by atoms with Crippen molar-refractivity contribution in [3.63, 3.8) is 0 Å². The van der Waals surface area contributed by atoms with E-state index in [1.54, 1.807) is 25.5 Å². The average molecular weight is 440 g/mol. The number of benzene rings is 1. The molecule has 1 aliphatic heterocycles. The predicted molar refractivity (Wildman–Crippen MR) is 114 cm³/mol. The maximum absolute atomic E-state index is 13.0. The van der Waals surface area contributed by atoms with E-state index in [0.717, 1.165) is 33.4 Å². The Kier molecular flexibility index (Phi) is 5.67. The molecule has 0 spiro atoms. The maximum Gasteiger partial charge on any atom is 0.294 e. The van der Waals surface area contributed by atoms with Gasteiger partial charge in [-0.3, -0.25) is 15.0 Å². The van der Waals surface area contributed by atoms with Crippen molar-refractivity contribution in [2.75, 3.05) is 18.7 Å². The molecule has 31 heavy (non-hydrogen) atoms. The highest BCUT2D eigenvalue weighted by atomic mass is 32.2. The Morgan fingerprint density at radius 1 is 1.29 bits per heavy atom. The van der Waals surface area contributed by atoms with Crippen LogP contribution in [0, 0.1) is 6.92 Å². The number of ether oxygens (including phenoxy) is 1. The largest absolute Gasteiger partial charge is 0.497 e. The van der Waals surface area contributed by atoms with Crippen molar-refractivity contribution in [3.8, 4) is 5.75 Å². The summed E-state index contributed by atoms with van der Waals surface area (Å²) in [6, 6.07) is 10.6. The number of nitrogen functional groups attached to an aromatic ring is 1. The molecule has 11 heteroatoms. The summed E-state index contributed by atoms with van der Waals surface area (Å²) in [6.45, 7) is 1.52. The van der Waals surface area contributed by atoms with Crippen LogP contribution in [0.15, 0.2) is 63.1 Å². The Hall–Kier alpha value is -3.73. The van der Waals surface area contributed by atoms with Gasteiger partial charge >= 0.3 is 0 Å². The number of hydrazine groups is 1. The Bertz CT molecular complexity index is 1170. The number of rotatable bonds is 6. The zero-order valence-electron chi connectivity index (χ0n) is 16.8. The van der Waals surface area contributed by atoms with Crippen molar-refractivity contribution in [2.45, 2.75) is 18.1 Å². The first-order valence-electron chi connectivity index (χ1n) is 9.30. The van der Waals surface area contributed by atoms with Gasteiger partial charge in [-0.1, -0.05) is 11.8 Å². The number of amides is 1. The van der Waals surface area contributed by atoms with Crippen LogP contribution in [0.1, 0.15) is 23.1 Å². The van der Waals surface area contributed by atoms with Crippen molar-refractivity contribution < 1.29 is 13.9 Å². The Balaban J connectivity index is 1.54. The number of hydrogen-bond donors (Lipinski definition) is 2. The molecule has 10 nitrogen and oxygen atoms in total. The van der Waals surface area contributed by atoms with Crippen LogP contribution in [0.4, 0.5) is 0 Å². The van der Waals surface area contributed by atoms with E-state index in [1.807, 2.05) is 30.3 Å². The number of nitrogens with two attached hydrogens (primary N) is 1. The third kappa shape index (κ3) is 4.12. The lowest BCUT2D eigenvalue weighted by molar-refractivity contribution is -0.131. The van der Waals surface area contributed by atoms with Crippen molar-refractivity contribution >= 4 is 23.4 Å². The molecule has 0 saturated heterocycles. The maximum atomic E-state index is 13.0. The minimum absolute atomic E-state index is 0.0116. The number of thioether (sulfide) groups is 1. The first kappa shape index (κ1) is 20.5. The SMILES string of the molecule is COc1ccc(C2=C[C@H](c3ccco3)N(C(=O)CSc3nnc(C)c(=O)n3N)N2)cc1. The second kappa shape index (κ2) is 8.56. The van der Waals surface area contributed by atoms with E-state index in [9.17, 15) is 9.59 Å². The first-order chi connectivity index (χ1) is 15.0. The zero-order valence-corrected chi connectivity index (χ0v) is 17.6. The first-order valence-corrected chi connectivity index (χ1v) is 10.3. The van der Waals surface area contributed by atoms with Crippen LogP contribution in [-0.2, 0) is 4.79 Å². The number of carbonyl (C=O) groups is 1. The second-order valence-corrected chi connectivity index (χ2v) is 7.62. The van der Waals surface area contributed by atoms with Crippen molar-refractivity contribution in [2.24, 2.45) is 0 Å². The van der Waals surface area contributed by atoms with E-state index in [-0.39, 0.29) is 22.5 Å². The van der Waals surface area contributed by atoms with Crippen LogP contribution in [0.2, 0.25) is 0 Å². The lowest BCUT2D eigenvalue weighted by Crippen LogP contribution is -2.41. The van der Waals surface area contributed by atoms with Crippen LogP contribution in [0.25, 0.3) is 5.70 Å². The second-order valence-electron chi connectivity index (χ2n) is 6.68. The molecule has 0 unspecified atom stereocenters. The van der Waals surface area contributed by atoms with E-state index < -0.39 is 11.6 Å². The van der Waals surface area contributed by atoms with Gasteiger partial charge in [0.2, 0.25) is 5.16 Å². The number of carbonyl (C=O) groups excluding carboxylic acids is 1. The normalized spacial score (nSPS) is 15.5. The molecule has 3 aromatic rings. The van der Waals surface area contributed by atoms with Gasteiger partial charge in [0.1, 0.15) is 23.2 Å². The molecule has 0 radical (unpaired) electrons. The quantitative estimate of drug-likeness (QED) is 0.432. The van der Waals surface area contributed by atoms with E-state index in [2.05, 4.69) is 15.6 Å². The lowest BCUT2D eigenvalue weighted by Gasteiger charge is -2.24. The molecular formula is C20H20N6O4S. The summed E-state index contributed by atoms with van der Waals surface area (Å²) in [5, 5.41) is 9.31. The molecule has 160 valence electrons. The average Bonchev–Trinajstić information content (AvgIpc) is 3.47. The number of methoxy groups -OCH3 is 1. The summed E-state index contributed by atoms with van der Waals surface area (Å²) >= 11 is 1.03. The molecule has 1 aliphatic rings. The number of nitrogens with one attached hydrogen (secondary N) is 1. The highest BCUT2D eigenvalue weighted by Crippen LogP contribution is 2.32. The molecular weight excluding hydrogens is 420 g/mol. The monoisotopic (exact) mass is 440 g/mol. The summed E-state index contributed by atoms with van der Waals surface area (Å²) in [7, 11) is 1.60. The third-order valence-electron chi connectivity index (χ3n) is 4.69. The molecule has 1 amide bonds. The number of aromatic nitrogens is 3. The van der Waals surface area contributed by atoms with Crippen LogP contribution in [0.3, 0.4) is 0 Å². The fourth-order valence-electron chi connectivity index (χ4n) is 3.05. The minimum atomic E-state index is -0.457. The molecule has 2 aromatic heterocycles.